The minimum absolute atomic E-state index is 0.247. The number of allylic oxidation sites excluding steroid dienone is 3. The molecule has 3 heteroatoms. The Kier molecular flexibility index (Phi) is 3.57. The molecule has 0 fully saturated rings. The van der Waals surface area contributed by atoms with Crippen molar-refractivity contribution in [3.05, 3.63) is 89.8 Å². The molecule has 0 radical (unpaired) electrons. The van der Waals surface area contributed by atoms with Crippen LogP contribution < -0.4 is 11.1 Å². The summed E-state index contributed by atoms with van der Waals surface area (Å²) in [6.07, 6.45) is 7.27. The molecule has 3 N–H and O–H groups in total. The number of nitrogens with zero attached hydrogens (tertiary/aromatic N) is 1. The molecule has 1 aliphatic heterocycles. The number of hydrogen-bond acceptors (Lipinski definition) is 3. The van der Waals surface area contributed by atoms with E-state index in [2.05, 4.69) is 60.2 Å². The van der Waals surface area contributed by atoms with Crippen LogP contribution in [0.15, 0.2) is 83.6 Å². The van der Waals surface area contributed by atoms with Crippen molar-refractivity contribution >= 4 is 23.2 Å². The first-order valence-electron chi connectivity index (χ1n) is 8.43. The van der Waals surface area contributed by atoms with Gasteiger partial charge in [-0.1, -0.05) is 49.1 Å². The fourth-order valence-electron chi connectivity index (χ4n) is 3.59. The number of aliphatic imine (C=N–C) groups is 1. The van der Waals surface area contributed by atoms with E-state index in [0.29, 0.717) is 0 Å². The molecule has 3 nitrogen and oxygen atoms in total. The Balaban J connectivity index is 1.60. The van der Waals surface area contributed by atoms with E-state index in [4.69, 9.17) is 5.73 Å². The van der Waals surface area contributed by atoms with Crippen LogP contribution in [-0.4, -0.2) is 5.71 Å². The van der Waals surface area contributed by atoms with Crippen LogP contribution in [0.1, 0.15) is 18.1 Å². The number of anilines is 2. The lowest BCUT2D eigenvalue weighted by molar-refractivity contribution is 0.711. The van der Waals surface area contributed by atoms with Crippen molar-refractivity contribution in [3.8, 4) is 0 Å². The lowest BCUT2D eigenvalue weighted by atomic mass is 9.76. The molecule has 0 aromatic heterocycles. The SMILES string of the molecule is C=C(Nc1cccc(N)c1)C1=NC=CC1(C)C1=Cc2ccccc2C1. The van der Waals surface area contributed by atoms with Crippen molar-refractivity contribution in [2.75, 3.05) is 11.1 Å². The quantitative estimate of drug-likeness (QED) is 0.792. The van der Waals surface area contributed by atoms with Crippen molar-refractivity contribution in [3.63, 3.8) is 0 Å². The molecule has 2 aliphatic rings. The fourth-order valence-corrected chi connectivity index (χ4v) is 3.59. The van der Waals surface area contributed by atoms with Crippen molar-refractivity contribution in [1.29, 1.82) is 0 Å². The van der Waals surface area contributed by atoms with Gasteiger partial charge >= 0.3 is 0 Å². The zero-order valence-corrected chi connectivity index (χ0v) is 14.3. The normalized spacial score (nSPS) is 20.8. The Morgan fingerprint density at radius 1 is 1.20 bits per heavy atom. The van der Waals surface area contributed by atoms with E-state index in [0.717, 1.165) is 29.2 Å². The first kappa shape index (κ1) is 15.5. The van der Waals surface area contributed by atoms with Gasteiger partial charge in [0.1, 0.15) is 0 Å². The number of nitrogens with two attached hydrogens (primary N) is 1. The molecule has 0 saturated heterocycles. The van der Waals surface area contributed by atoms with E-state index in [9.17, 15) is 0 Å². The standard InChI is InChI=1S/C22H21N3/c1-15(25-20-9-5-8-19(23)14-20)21-22(2,10-11-24-21)18-12-16-6-3-4-7-17(16)13-18/h3-12,14,25H,1,13,23H2,2H3. The van der Waals surface area contributed by atoms with Crippen LogP contribution in [-0.2, 0) is 6.42 Å². The molecule has 1 heterocycles. The summed E-state index contributed by atoms with van der Waals surface area (Å²) in [7, 11) is 0. The second kappa shape index (κ2) is 5.78. The van der Waals surface area contributed by atoms with Gasteiger partial charge in [0.15, 0.2) is 0 Å². The smallest absolute Gasteiger partial charge is 0.0770 e. The van der Waals surface area contributed by atoms with Crippen molar-refractivity contribution in [1.82, 2.24) is 0 Å². The minimum Gasteiger partial charge on any atom is -0.399 e. The molecular formula is C22H21N3. The van der Waals surface area contributed by atoms with E-state index >= 15 is 0 Å². The molecule has 1 aliphatic carbocycles. The zero-order valence-electron chi connectivity index (χ0n) is 14.3. The van der Waals surface area contributed by atoms with Crippen LogP contribution in [0.2, 0.25) is 0 Å². The number of nitrogens with one attached hydrogen (secondary N) is 1. The molecule has 124 valence electrons. The number of hydrogen-bond donors (Lipinski definition) is 2. The number of nitrogen functional groups attached to an aromatic ring is 1. The molecule has 0 saturated carbocycles. The third-order valence-corrected chi connectivity index (χ3v) is 5.00. The maximum absolute atomic E-state index is 5.87. The Labute approximate surface area is 148 Å². The van der Waals surface area contributed by atoms with Gasteiger partial charge in [-0.25, -0.2) is 0 Å². The molecular weight excluding hydrogens is 306 g/mol. The van der Waals surface area contributed by atoms with Crippen LogP contribution in [0.4, 0.5) is 11.4 Å². The molecule has 2 aromatic rings. The van der Waals surface area contributed by atoms with Crippen molar-refractivity contribution < 1.29 is 0 Å². The number of fused-ring (bicyclic) bond motifs is 1. The molecule has 1 unspecified atom stereocenters. The monoisotopic (exact) mass is 327 g/mol. The molecule has 0 spiro atoms. The van der Waals surface area contributed by atoms with Gasteiger partial charge < -0.3 is 11.1 Å². The second-order valence-corrected chi connectivity index (χ2v) is 6.77. The van der Waals surface area contributed by atoms with E-state index in [1.807, 2.05) is 30.5 Å². The van der Waals surface area contributed by atoms with E-state index in [1.165, 1.54) is 16.7 Å². The Morgan fingerprint density at radius 2 is 2.04 bits per heavy atom. The number of benzene rings is 2. The van der Waals surface area contributed by atoms with Gasteiger partial charge in [0.05, 0.1) is 16.8 Å². The molecule has 25 heavy (non-hydrogen) atoms. The van der Waals surface area contributed by atoms with Gasteiger partial charge in [-0.2, -0.15) is 0 Å². The van der Waals surface area contributed by atoms with Gasteiger partial charge in [-0.15, -0.1) is 0 Å². The highest BCUT2D eigenvalue weighted by molar-refractivity contribution is 6.11. The van der Waals surface area contributed by atoms with Crippen molar-refractivity contribution in [2.24, 2.45) is 10.4 Å². The molecule has 0 bridgehead atoms. The van der Waals surface area contributed by atoms with Crippen molar-refractivity contribution in [2.45, 2.75) is 13.3 Å². The number of rotatable bonds is 4. The zero-order chi connectivity index (χ0) is 17.4. The fraction of sp³-hybridized carbons (Fsp3) is 0.136. The van der Waals surface area contributed by atoms with Crippen LogP contribution in [0, 0.1) is 5.41 Å². The van der Waals surface area contributed by atoms with Gasteiger partial charge in [0.2, 0.25) is 0 Å². The lowest BCUT2D eigenvalue weighted by Gasteiger charge is -2.28. The highest BCUT2D eigenvalue weighted by Gasteiger charge is 2.38. The lowest BCUT2D eigenvalue weighted by Crippen LogP contribution is -2.29. The predicted molar refractivity (Wildman–Crippen MR) is 106 cm³/mol. The topological polar surface area (TPSA) is 50.4 Å². The third kappa shape index (κ3) is 2.68. The van der Waals surface area contributed by atoms with Crippen LogP contribution in [0.5, 0.6) is 0 Å². The van der Waals surface area contributed by atoms with E-state index < -0.39 is 0 Å². The average molecular weight is 327 g/mol. The third-order valence-electron chi connectivity index (χ3n) is 5.00. The minimum atomic E-state index is -0.247. The Morgan fingerprint density at radius 3 is 2.84 bits per heavy atom. The highest BCUT2D eigenvalue weighted by Crippen LogP contribution is 2.43. The summed E-state index contributed by atoms with van der Waals surface area (Å²) in [6, 6.07) is 16.2. The van der Waals surface area contributed by atoms with E-state index in [1.54, 1.807) is 0 Å². The summed E-state index contributed by atoms with van der Waals surface area (Å²) in [4.78, 5) is 4.62. The summed E-state index contributed by atoms with van der Waals surface area (Å²) < 4.78 is 0. The van der Waals surface area contributed by atoms with Gasteiger partial charge in [0, 0.05) is 17.6 Å². The molecule has 1 atom stereocenters. The van der Waals surface area contributed by atoms with Gasteiger partial charge in [-0.05, 0) is 48.2 Å². The molecule has 0 amide bonds. The van der Waals surface area contributed by atoms with Crippen LogP contribution in [0.25, 0.3) is 6.08 Å². The summed E-state index contributed by atoms with van der Waals surface area (Å²) in [5.41, 5.74) is 13.0. The largest absolute Gasteiger partial charge is 0.399 e. The first-order valence-corrected chi connectivity index (χ1v) is 8.43. The average Bonchev–Trinajstić information content (AvgIpc) is 3.19. The first-order chi connectivity index (χ1) is 12.1. The second-order valence-electron chi connectivity index (χ2n) is 6.77. The molecule has 4 rings (SSSR count). The summed E-state index contributed by atoms with van der Waals surface area (Å²) in [5.74, 6) is 0. The maximum Gasteiger partial charge on any atom is 0.0770 e. The van der Waals surface area contributed by atoms with Crippen LogP contribution >= 0.6 is 0 Å². The summed E-state index contributed by atoms with van der Waals surface area (Å²) >= 11 is 0. The maximum atomic E-state index is 5.87. The van der Waals surface area contributed by atoms with E-state index in [-0.39, 0.29) is 5.41 Å². The Bertz CT molecular complexity index is 949. The summed E-state index contributed by atoms with van der Waals surface area (Å²) in [5, 5.41) is 3.35. The molecule has 2 aromatic carbocycles. The van der Waals surface area contributed by atoms with Gasteiger partial charge in [-0.3, -0.25) is 4.99 Å². The predicted octanol–water partition coefficient (Wildman–Crippen LogP) is 4.81. The summed E-state index contributed by atoms with van der Waals surface area (Å²) in [6.45, 7) is 6.44. The Hall–Kier alpha value is -3.07. The highest BCUT2D eigenvalue weighted by atomic mass is 14.9. The van der Waals surface area contributed by atoms with Gasteiger partial charge in [0.25, 0.3) is 0 Å². The van der Waals surface area contributed by atoms with Crippen LogP contribution in [0.3, 0.4) is 0 Å².